The van der Waals surface area contributed by atoms with Crippen molar-refractivity contribution in [3.8, 4) is 11.5 Å². The molecular formula is C37H40O3P2. The second kappa shape index (κ2) is 12.6. The molecule has 1 fully saturated rings. The Morgan fingerprint density at radius 1 is 0.762 bits per heavy atom. The Morgan fingerprint density at radius 2 is 1.45 bits per heavy atom. The average molecular weight is 595 g/mol. The third-order valence-electron chi connectivity index (χ3n) is 8.93. The molecule has 42 heavy (non-hydrogen) atoms. The summed E-state index contributed by atoms with van der Waals surface area (Å²) in [6.07, 6.45) is 14.6. The standard InChI is InChI=1S/C37H40O3P2/c1-29-16-15-23-33(28-29)42(39,32-21-9-4-10-22-32)37-27-14-12-25-35(37)40-34-24-11-13-26-36(34)41(38,30-17-5-2-6-18-30)31-19-7-3-8-20-31/h2,4-6,9-17,21-28,30-31,39,42H,3,7-8,18-20H2,1H3. The summed E-state index contributed by atoms with van der Waals surface area (Å²) in [5, 5.41) is 3.42. The number of benzene rings is 4. The molecule has 2 unspecified atom stereocenters. The third kappa shape index (κ3) is 5.47. The zero-order valence-electron chi connectivity index (χ0n) is 24.2. The number of aryl methyl sites for hydroxylation is 1. The normalized spacial score (nSPS) is 19.2. The molecule has 2 aliphatic rings. The summed E-state index contributed by atoms with van der Waals surface area (Å²) < 4.78 is 22.3. The van der Waals surface area contributed by atoms with Gasteiger partial charge >= 0.3 is 251 Å². The van der Waals surface area contributed by atoms with Crippen molar-refractivity contribution in [2.45, 2.75) is 56.8 Å². The van der Waals surface area contributed by atoms with Crippen LogP contribution in [0.15, 0.2) is 127 Å². The molecule has 0 heterocycles. The molecule has 3 nitrogen and oxygen atoms in total. The first-order chi connectivity index (χ1) is 20.5. The van der Waals surface area contributed by atoms with Gasteiger partial charge in [-0.15, -0.1) is 0 Å². The maximum absolute atomic E-state index is 15.5. The predicted molar refractivity (Wildman–Crippen MR) is 181 cm³/mol. The number of ether oxygens (including phenoxy) is 1. The summed E-state index contributed by atoms with van der Waals surface area (Å²) in [6.45, 7) is 2.06. The molecule has 0 aromatic heterocycles. The Hall–Kier alpha value is -3.22. The van der Waals surface area contributed by atoms with E-state index in [0.29, 0.717) is 11.5 Å². The van der Waals surface area contributed by atoms with Crippen molar-refractivity contribution in [1.82, 2.24) is 0 Å². The summed E-state index contributed by atoms with van der Waals surface area (Å²) >= 11 is 0. The van der Waals surface area contributed by atoms with Gasteiger partial charge in [-0.2, -0.15) is 0 Å². The van der Waals surface area contributed by atoms with Crippen LogP contribution in [-0.4, -0.2) is 16.2 Å². The molecule has 1 N–H and O–H groups in total. The first-order valence-corrected chi connectivity index (χ1v) is 18.9. The first-order valence-electron chi connectivity index (χ1n) is 15.2. The van der Waals surface area contributed by atoms with Crippen LogP contribution in [0.3, 0.4) is 0 Å². The van der Waals surface area contributed by atoms with E-state index in [1.807, 2.05) is 91.0 Å². The van der Waals surface area contributed by atoms with Crippen LogP contribution in [0.1, 0.15) is 44.1 Å². The molecule has 4 aromatic rings. The van der Waals surface area contributed by atoms with E-state index >= 15 is 4.57 Å². The number of hydrogen-bond donors (Lipinski definition) is 1. The summed E-state index contributed by atoms with van der Waals surface area (Å²) in [5.41, 5.74) is 1.21. The van der Waals surface area contributed by atoms with Crippen molar-refractivity contribution < 1.29 is 14.2 Å². The number of hydrogen-bond acceptors (Lipinski definition) is 3. The van der Waals surface area contributed by atoms with Gasteiger partial charge in [0.25, 0.3) is 0 Å². The molecule has 6 rings (SSSR count). The van der Waals surface area contributed by atoms with Crippen molar-refractivity contribution in [1.29, 1.82) is 0 Å². The number of para-hydroxylation sites is 2. The second-order valence-electron chi connectivity index (χ2n) is 11.6. The molecule has 216 valence electrons. The molecule has 4 aromatic carbocycles. The Labute approximate surface area is 250 Å². The van der Waals surface area contributed by atoms with E-state index in [1.54, 1.807) is 0 Å². The van der Waals surface area contributed by atoms with Crippen LogP contribution < -0.4 is 26.0 Å². The summed E-state index contributed by atoms with van der Waals surface area (Å²) in [7, 11) is -6.34. The van der Waals surface area contributed by atoms with E-state index in [1.165, 1.54) is 6.42 Å². The average Bonchev–Trinajstić information content (AvgIpc) is 3.06. The summed E-state index contributed by atoms with van der Waals surface area (Å²) in [6, 6.07) is 33.9. The van der Waals surface area contributed by atoms with E-state index < -0.39 is 14.6 Å². The first kappa shape index (κ1) is 28.9. The maximum atomic E-state index is 15.5. The predicted octanol–water partition coefficient (Wildman–Crippen LogP) is 7.93. The minimum absolute atomic E-state index is 0.0338. The SMILES string of the molecule is Cc1cccc([PH](O)(c2ccccc2)c2ccccc2Oc2ccccc2P(=O)(C2C=CC=CC2)C2CCCCC2)c1. The van der Waals surface area contributed by atoms with Gasteiger partial charge in [0, 0.05) is 0 Å². The van der Waals surface area contributed by atoms with Gasteiger partial charge in [-0.05, 0) is 0 Å². The fourth-order valence-corrected chi connectivity index (χ4v) is 14.0. The van der Waals surface area contributed by atoms with Crippen molar-refractivity contribution in [3.05, 3.63) is 133 Å². The zero-order valence-corrected chi connectivity index (χ0v) is 26.1. The Bertz CT molecular complexity index is 1640. The fourth-order valence-electron chi connectivity index (χ4n) is 6.80. The molecule has 0 radical (unpaired) electrons. The number of rotatable bonds is 8. The second-order valence-corrected chi connectivity index (χ2v) is 18.0. The quantitative estimate of drug-likeness (QED) is 0.211. The van der Waals surface area contributed by atoms with Crippen molar-refractivity contribution in [3.63, 3.8) is 0 Å². The van der Waals surface area contributed by atoms with Crippen LogP contribution in [0, 0.1) is 6.92 Å². The van der Waals surface area contributed by atoms with Crippen LogP contribution in [0.2, 0.25) is 0 Å². The van der Waals surface area contributed by atoms with Gasteiger partial charge in [0.05, 0.1) is 0 Å². The summed E-state index contributed by atoms with van der Waals surface area (Å²) in [4.78, 5) is 12.8. The molecular weight excluding hydrogens is 554 g/mol. The number of allylic oxidation sites excluding steroid dienone is 4. The molecule has 0 spiro atoms. The molecule has 0 amide bonds. The van der Waals surface area contributed by atoms with Crippen LogP contribution in [0.25, 0.3) is 0 Å². The van der Waals surface area contributed by atoms with Crippen LogP contribution in [0.5, 0.6) is 11.5 Å². The van der Waals surface area contributed by atoms with E-state index in [4.69, 9.17) is 4.74 Å². The molecule has 5 heteroatoms. The van der Waals surface area contributed by atoms with Gasteiger partial charge in [-0.25, -0.2) is 0 Å². The Kier molecular flexibility index (Phi) is 8.64. The van der Waals surface area contributed by atoms with E-state index in [9.17, 15) is 4.89 Å². The Balaban J connectivity index is 1.49. The van der Waals surface area contributed by atoms with Gasteiger partial charge in [0.1, 0.15) is 0 Å². The van der Waals surface area contributed by atoms with Crippen molar-refractivity contribution in [2.24, 2.45) is 0 Å². The van der Waals surface area contributed by atoms with Crippen molar-refractivity contribution in [2.75, 3.05) is 0 Å². The monoisotopic (exact) mass is 594 g/mol. The fraction of sp³-hybridized carbons (Fsp3) is 0.243. The molecule has 0 bridgehead atoms. The van der Waals surface area contributed by atoms with Crippen LogP contribution in [-0.2, 0) is 4.57 Å². The van der Waals surface area contributed by atoms with Gasteiger partial charge < -0.3 is 0 Å². The summed E-state index contributed by atoms with van der Waals surface area (Å²) in [5.74, 6) is 1.24. The van der Waals surface area contributed by atoms with Crippen LogP contribution >= 0.6 is 14.6 Å². The third-order valence-corrected chi connectivity index (χ3v) is 16.5. The van der Waals surface area contributed by atoms with E-state index in [0.717, 1.165) is 58.9 Å². The molecule has 1 saturated carbocycles. The van der Waals surface area contributed by atoms with E-state index in [-0.39, 0.29) is 11.3 Å². The van der Waals surface area contributed by atoms with Gasteiger partial charge in [-0.1, -0.05) is 0 Å². The molecule has 0 aliphatic heterocycles. The molecule has 0 saturated heterocycles. The Morgan fingerprint density at radius 3 is 2.19 bits per heavy atom. The van der Waals surface area contributed by atoms with Gasteiger partial charge in [-0.3, -0.25) is 0 Å². The van der Waals surface area contributed by atoms with Crippen LogP contribution in [0.4, 0.5) is 0 Å². The van der Waals surface area contributed by atoms with E-state index in [2.05, 4.69) is 43.4 Å². The van der Waals surface area contributed by atoms with Gasteiger partial charge in [0.2, 0.25) is 0 Å². The molecule has 2 aliphatic carbocycles. The zero-order chi connectivity index (χ0) is 29.0. The molecule has 2 atom stereocenters. The minimum atomic E-state index is -3.45. The topological polar surface area (TPSA) is 46.5 Å². The van der Waals surface area contributed by atoms with Crippen molar-refractivity contribution >= 4 is 35.8 Å². The van der Waals surface area contributed by atoms with Gasteiger partial charge in [0.15, 0.2) is 0 Å².